The first-order chi connectivity index (χ1) is 8.86. The first-order valence-electron chi connectivity index (χ1n) is 5.55. The van der Waals surface area contributed by atoms with Crippen molar-refractivity contribution in [1.29, 1.82) is 0 Å². The van der Waals surface area contributed by atoms with Crippen LogP contribution in [0.5, 0.6) is 0 Å². The third-order valence-electron chi connectivity index (χ3n) is 2.35. The van der Waals surface area contributed by atoms with Crippen LogP contribution >= 0.6 is 15.9 Å². The number of esters is 1. The van der Waals surface area contributed by atoms with Gasteiger partial charge in [0.2, 0.25) is 0 Å². The second kappa shape index (κ2) is 6.63. The topological polar surface area (TPSA) is 81.4 Å². The van der Waals surface area contributed by atoms with Gasteiger partial charge in [0.25, 0.3) is 5.91 Å². The van der Waals surface area contributed by atoms with Gasteiger partial charge in [-0.1, -0.05) is 0 Å². The van der Waals surface area contributed by atoms with Crippen LogP contribution in [0.1, 0.15) is 12.5 Å². The van der Waals surface area contributed by atoms with Crippen LogP contribution in [0.3, 0.4) is 0 Å². The van der Waals surface area contributed by atoms with E-state index in [4.69, 9.17) is 5.73 Å². The third kappa shape index (κ3) is 4.00. The van der Waals surface area contributed by atoms with Crippen LogP contribution in [-0.2, 0) is 14.3 Å². The lowest BCUT2D eigenvalue weighted by atomic mass is 10.2. The Balaban J connectivity index is 2.82. The Morgan fingerprint density at radius 3 is 2.74 bits per heavy atom. The highest BCUT2D eigenvalue weighted by Crippen LogP contribution is 2.23. The molecule has 0 aliphatic rings. The van der Waals surface area contributed by atoms with Gasteiger partial charge in [-0.2, -0.15) is 0 Å². The molecule has 1 rings (SSSR count). The van der Waals surface area contributed by atoms with E-state index in [1.165, 1.54) is 6.07 Å². The molecule has 1 aromatic carbocycles. The molecule has 1 amide bonds. The fourth-order valence-electron chi connectivity index (χ4n) is 1.33. The molecule has 0 aromatic heterocycles. The maximum atomic E-state index is 13.4. The van der Waals surface area contributed by atoms with Crippen LogP contribution < -0.4 is 11.1 Å². The molecule has 104 valence electrons. The maximum Gasteiger partial charge on any atom is 0.332 e. The quantitative estimate of drug-likeness (QED) is 0.649. The molecule has 0 heterocycles. The summed E-state index contributed by atoms with van der Waals surface area (Å²) in [5.74, 6) is -2.09. The van der Waals surface area contributed by atoms with Crippen LogP contribution in [0.4, 0.5) is 10.1 Å². The largest absolute Gasteiger partial charge is 0.464 e. The number of aryl methyl sites for hydroxylation is 1. The van der Waals surface area contributed by atoms with Crippen molar-refractivity contribution in [3.63, 3.8) is 0 Å². The van der Waals surface area contributed by atoms with Crippen molar-refractivity contribution in [2.45, 2.75) is 19.9 Å². The minimum Gasteiger partial charge on any atom is -0.464 e. The Bertz CT molecular complexity index is 508. The van der Waals surface area contributed by atoms with E-state index in [0.29, 0.717) is 5.56 Å². The third-order valence-corrected chi connectivity index (χ3v) is 2.96. The normalized spacial score (nSPS) is 11.8. The van der Waals surface area contributed by atoms with Gasteiger partial charge < -0.3 is 15.8 Å². The van der Waals surface area contributed by atoms with Gasteiger partial charge in [-0.15, -0.1) is 0 Å². The number of ether oxygens (including phenoxy) is 1. The number of halogens is 2. The molecule has 1 aromatic rings. The minimum absolute atomic E-state index is 0.131. The van der Waals surface area contributed by atoms with Crippen molar-refractivity contribution in [3.05, 3.63) is 28.0 Å². The number of hydrogen-bond donors (Lipinski definition) is 2. The molecule has 0 spiro atoms. The average Bonchev–Trinajstić information content (AvgIpc) is 2.35. The van der Waals surface area contributed by atoms with Gasteiger partial charge >= 0.3 is 5.97 Å². The summed E-state index contributed by atoms with van der Waals surface area (Å²) in [4.78, 5) is 23.0. The number of nitrogens with one attached hydrogen (secondary N) is 1. The number of nitrogens with two attached hydrogens (primary N) is 1. The first-order valence-corrected chi connectivity index (χ1v) is 6.34. The van der Waals surface area contributed by atoms with Gasteiger partial charge in [0.05, 0.1) is 11.1 Å². The van der Waals surface area contributed by atoms with E-state index < -0.39 is 23.7 Å². The number of benzene rings is 1. The Morgan fingerprint density at radius 2 is 2.16 bits per heavy atom. The van der Waals surface area contributed by atoms with Crippen molar-refractivity contribution >= 4 is 33.5 Å². The molecule has 3 N–H and O–H groups in total. The van der Waals surface area contributed by atoms with Gasteiger partial charge in [-0.05, 0) is 47.5 Å². The summed E-state index contributed by atoms with van der Waals surface area (Å²) in [6, 6.07) is 1.22. The zero-order chi connectivity index (χ0) is 14.6. The Morgan fingerprint density at radius 1 is 1.53 bits per heavy atom. The Labute approximate surface area is 118 Å². The molecular weight excluding hydrogens is 319 g/mol. The SMILES string of the molecule is CCOC(=O)C(N)C(=O)Nc1cc(F)c(Br)cc1C. The van der Waals surface area contributed by atoms with Crippen molar-refractivity contribution in [2.24, 2.45) is 5.73 Å². The van der Waals surface area contributed by atoms with Crippen molar-refractivity contribution < 1.29 is 18.7 Å². The predicted molar refractivity (Wildman–Crippen MR) is 72.1 cm³/mol. The minimum atomic E-state index is -1.44. The van der Waals surface area contributed by atoms with E-state index in [-0.39, 0.29) is 16.8 Å². The van der Waals surface area contributed by atoms with Crippen LogP contribution in [0.25, 0.3) is 0 Å². The molecule has 0 aliphatic heterocycles. The highest BCUT2D eigenvalue weighted by Gasteiger charge is 2.24. The number of anilines is 1. The van der Waals surface area contributed by atoms with Gasteiger partial charge in [0, 0.05) is 5.69 Å². The van der Waals surface area contributed by atoms with Crippen LogP contribution in [0, 0.1) is 12.7 Å². The highest BCUT2D eigenvalue weighted by molar-refractivity contribution is 9.10. The van der Waals surface area contributed by atoms with Crippen LogP contribution in [0.15, 0.2) is 16.6 Å². The molecule has 0 saturated carbocycles. The number of carbonyl (C=O) groups is 2. The highest BCUT2D eigenvalue weighted by atomic mass is 79.9. The molecule has 19 heavy (non-hydrogen) atoms. The summed E-state index contributed by atoms with van der Waals surface area (Å²) in [6.45, 7) is 3.43. The fourth-order valence-corrected chi connectivity index (χ4v) is 1.79. The van der Waals surface area contributed by atoms with E-state index in [1.807, 2.05) is 0 Å². The molecule has 1 unspecified atom stereocenters. The lowest BCUT2D eigenvalue weighted by Crippen LogP contribution is -2.43. The van der Waals surface area contributed by atoms with Crippen molar-refractivity contribution in [3.8, 4) is 0 Å². The van der Waals surface area contributed by atoms with E-state index in [9.17, 15) is 14.0 Å². The lowest BCUT2D eigenvalue weighted by molar-refractivity contribution is -0.146. The van der Waals surface area contributed by atoms with Crippen molar-refractivity contribution in [2.75, 3.05) is 11.9 Å². The molecule has 0 saturated heterocycles. The molecule has 1 atom stereocenters. The van der Waals surface area contributed by atoms with Crippen molar-refractivity contribution in [1.82, 2.24) is 0 Å². The molecule has 0 fully saturated rings. The monoisotopic (exact) mass is 332 g/mol. The molecule has 7 heteroatoms. The van der Waals surface area contributed by atoms with Crippen LogP contribution in [0.2, 0.25) is 0 Å². The standard InChI is InChI=1S/C12H14BrFN2O3/c1-3-19-12(18)10(15)11(17)16-9-5-8(14)7(13)4-6(9)2/h4-5,10H,3,15H2,1-2H3,(H,16,17). The van der Waals surface area contributed by atoms with E-state index in [1.54, 1.807) is 13.8 Å². The summed E-state index contributed by atoms with van der Waals surface area (Å²) in [5, 5.41) is 2.39. The molecule has 5 nitrogen and oxygen atoms in total. The predicted octanol–water partition coefficient (Wildman–Crippen LogP) is 1.73. The molecular formula is C12H14BrFN2O3. The van der Waals surface area contributed by atoms with Gasteiger partial charge in [-0.25, -0.2) is 9.18 Å². The maximum absolute atomic E-state index is 13.4. The molecule has 0 radical (unpaired) electrons. The van der Waals surface area contributed by atoms with Gasteiger partial charge in [0.1, 0.15) is 5.82 Å². The summed E-state index contributed by atoms with van der Waals surface area (Å²) in [5.41, 5.74) is 6.31. The smallest absolute Gasteiger partial charge is 0.332 e. The van der Waals surface area contributed by atoms with Gasteiger partial charge in [0.15, 0.2) is 6.04 Å². The van der Waals surface area contributed by atoms with E-state index in [2.05, 4.69) is 26.0 Å². The summed E-state index contributed by atoms with van der Waals surface area (Å²) >= 11 is 3.03. The first kappa shape index (κ1) is 15.6. The molecule has 0 aliphatic carbocycles. The van der Waals surface area contributed by atoms with E-state index >= 15 is 0 Å². The second-order valence-corrected chi connectivity index (χ2v) is 4.65. The zero-order valence-electron chi connectivity index (χ0n) is 10.5. The fraction of sp³-hybridized carbons (Fsp3) is 0.333. The Kier molecular flexibility index (Phi) is 5.44. The number of carbonyl (C=O) groups excluding carboxylic acids is 2. The Hall–Kier alpha value is -1.47. The lowest BCUT2D eigenvalue weighted by Gasteiger charge is -2.13. The number of amides is 1. The van der Waals surface area contributed by atoms with Crippen LogP contribution in [-0.4, -0.2) is 24.5 Å². The second-order valence-electron chi connectivity index (χ2n) is 3.80. The van der Waals surface area contributed by atoms with Gasteiger partial charge in [-0.3, -0.25) is 4.79 Å². The summed E-state index contributed by atoms with van der Waals surface area (Å²) in [7, 11) is 0. The zero-order valence-corrected chi connectivity index (χ0v) is 12.1. The summed E-state index contributed by atoms with van der Waals surface area (Å²) < 4.78 is 18.3. The number of rotatable bonds is 4. The number of hydrogen-bond acceptors (Lipinski definition) is 4. The molecule has 0 bridgehead atoms. The average molecular weight is 333 g/mol. The summed E-state index contributed by atoms with van der Waals surface area (Å²) in [6.07, 6.45) is 0. The van der Waals surface area contributed by atoms with E-state index in [0.717, 1.165) is 6.07 Å².